The van der Waals surface area contributed by atoms with Crippen LogP contribution in [0.15, 0.2) is 18.2 Å². The SMILES string of the molecule is CCC(CC)C(Cc1ccc(C)cc1Cl)NC. The van der Waals surface area contributed by atoms with Crippen LogP contribution in [-0.4, -0.2) is 13.1 Å². The summed E-state index contributed by atoms with van der Waals surface area (Å²) in [5.74, 6) is 0.720. The first kappa shape index (κ1) is 14.5. The van der Waals surface area contributed by atoms with Crippen molar-refractivity contribution >= 4 is 11.6 Å². The van der Waals surface area contributed by atoms with Crippen molar-refractivity contribution in [2.45, 2.75) is 46.1 Å². The molecule has 0 amide bonds. The number of benzene rings is 1. The van der Waals surface area contributed by atoms with E-state index in [9.17, 15) is 0 Å². The van der Waals surface area contributed by atoms with Crippen LogP contribution in [0.25, 0.3) is 0 Å². The molecule has 1 aromatic carbocycles. The summed E-state index contributed by atoms with van der Waals surface area (Å²) in [4.78, 5) is 0. The van der Waals surface area contributed by atoms with Crippen molar-refractivity contribution in [2.24, 2.45) is 5.92 Å². The Bertz CT molecular complexity index is 345. The molecule has 0 saturated carbocycles. The van der Waals surface area contributed by atoms with Crippen molar-refractivity contribution in [1.29, 1.82) is 0 Å². The Hall–Kier alpha value is -0.530. The highest BCUT2D eigenvalue weighted by molar-refractivity contribution is 6.31. The Labute approximate surface area is 111 Å². The maximum atomic E-state index is 6.29. The summed E-state index contributed by atoms with van der Waals surface area (Å²) in [5.41, 5.74) is 2.48. The summed E-state index contributed by atoms with van der Waals surface area (Å²) < 4.78 is 0. The van der Waals surface area contributed by atoms with Crippen LogP contribution in [0.2, 0.25) is 5.02 Å². The van der Waals surface area contributed by atoms with Crippen LogP contribution >= 0.6 is 11.6 Å². The van der Waals surface area contributed by atoms with Gasteiger partial charge in [-0.25, -0.2) is 0 Å². The lowest BCUT2D eigenvalue weighted by atomic mass is 9.89. The molecule has 0 bridgehead atoms. The van der Waals surface area contributed by atoms with Crippen LogP contribution in [-0.2, 0) is 6.42 Å². The monoisotopic (exact) mass is 253 g/mol. The van der Waals surface area contributed by atoms with Crippen molar-refractivity contribution in [3.05, 3.63) is 34.3 Å². The molecular weight excluding hydrogens is 230 g/mol. The highest BCUT2D eigenvalue weighted by Crippen LogP contribution is 2.23. The first-order valence-electron chi connectivity index (χ1n) is 6.54. The Morgan fingerprint density at radius 3 is 2.35 bits per heavy atom. The number of hydrogen-bond acceptors (Lipinski definition) is 1. The zero-order chi connectivity index (χ0) is 12.8. The van der Waals surface area contributed by atoms with E-state index in [0.717, 1.165) is 17.4 Å². The Kier molecular flexibility index (Phi) is 6.01. The summed E-state index contributed by atoms with van der Waals surface area (Å²) in [6.07, 6.45) is 3.44. The van der Waals surface area contributed by atoms with E-state index in [0.29, 0.717) is 6.04 Å². The van der Waals surface area contributed by atoms with E-state index in [4.69, 9.17) is 11.6 Å². The predicted octanol–water partition coefficient (Wildman–Crippen LogP) is 4.22. The quantitative estimate of drug-likeness (QED) is 0.801. The lowest BCUT2D eigenvalue weighted by molar-refractivity contribution is 0.349. The number of aryl methyl sites for hydroxylation is 1. The molecule has 17 heavy (non-hydrogen) atoms. The van der Waals surface area contributed by atoms with Gasteiger partial charge in [0.2, 0.25) is 0 Å². The maximum Gasteiger partial charge on any atom is 0.0441 e. The van der Waals surface area contributed by atoms with Crippen LogP contribution in [0.1, 0.15) is 37.8 Å². The summed E-state index contributed by atoms with van der Waals surface area (Å²) in [6.45, 7) is 6.59. The number of likely N-dealkylation sites (N-methyl/N-ethyl adjacent to an activating group) is 1. The topological polar surface area (TPSA) is 12.0 Å². The lowest BCUT2D eigenvalue weighted by Crippen LogP contribution is -2.35. The fourth-order valence-corrected chi connectivity index (χ4v) is 2.73. The molecule has 0 saturated heterocycles. The minimum atomic E-state index is 0.519. The van der Waals surface area contributed by atoms with E-state index in [1.807, 2.05) is 7.05 Å². The first-order chi connectivity index (χ1) is 8.12. The molecule has 0 aliphatic rings. The third-order valence-corrected chi connectivity index (χ3v) is 3.99. The van der Waals surface area contributed by atoms with E-state index in [1.54, 1.807) is 0 Å². The van der Waals surface area contributed by atoms with Gasteiger partial charge in [0.1, 0.15) is 0 Å². The molecule has 0 aliphatic carbocycles. The standard InChI is InChI=1S/C15H24ClN/c1-5-12(6-2)15(17-4)10-13-8-7-11(3)9-14(13)16/h7-9,12,15,17H,5-6,10H2,1-4H3. The molecule has 1 aromatic rings. The smallest absolute Gasteiger partial charge is 0.0441 e. The average Bonchev–Trinajstić information content (AvgIpc) is 2.32. The van der Waals surface area contributed by atoms with E-state index < -0.39 is 0 Å². The lowest BCUT2D eigenvalue weighted by Gasteiger charge is -2.25. The normalized spacial score (nSPS) is 13.1. The number of rotatable bonds is 6. The van der Waals surface area contributed by atoms with Gasteiger partial charge in [-0.1, -0.05) is 50.4 Å². The number of hydrogen-bond donors (Lipinski definition) is 1. The van der Waals surface area contributed by atoms with Gasteiger partial charge in [0.15, 0.2) is 0 Å². The first-order valence-corrected chi connectivity index (χ1v) is 6.92. The molecular formula is C15H24ClN. The van der Waals surface area contributed by atoms with Crippen LogP contribution < -0.4 is 5.32 Å². The van der Waals surface area contributed by atoms with E-state index >= 15 is 0 Å². The zero-order valence-corrected chi connectivity index (χ0v) is 12.1. The highest BCUT2D eigenvalue weighted by atomic mass is 35.5. The molecule has 0 aromatic heterocycles. The van der Waals surface area contributed by atoms with Gasteiger partial charge in [-0.05, 0) is 43.5 Å². The van der Waals surface area contributed by atoms with Crippen molar-refractivity contribution in [2.75, 3.05) is 7.05 Å². The second-order valence-corrected chi connectivity index (χ2v) is 5.18. The summed E-state index contributed by atoms with van der Waals surface area (Å²) in [5, 5.41) is 4.33. The van der Waals surface area contributed by atoms with Crippen molar-refractivity contribution in [3.63, 3.8) is 0 Å². The van der Waals surface area contributed by atoms with Gasteiger partial charge < -0.3 is 5.32 Å². The summed E-state index contributed by atoms with van der Waals surface area (Å²) in [6, 6.07) is 6.87. The molecule has 96 valence electrons. The van der Waals surface area contributed by atoms with Crippen molar-refractivity contribution < 1.29 is 0 Å². The predicted molar refractivity (Wildman–Crippen MR) is 76.8 cm³/mol. The average molecular weight is 254 g/mol. The fourth-order valence-electron chi connectivity index (χ4n) is 2.42. The Morgan fingerprint density at radius 2 is 1.88 bits per heavy atom. The van der Waals surface area contributed by atoms with Crippen molar-refractivity contribution in [1.82, 2.24) is 5.32 Å². The Balaban J connectivity index is 2.80. The van der Waals surface area contributed by atoms with Crippen LogP contribution in [0.3, 0.4) is 0 Å². The molecule has 0 aliphatic heterocycles. The van der Waals surface area contributed by atoms with Crippen LogP contribution in [0.4, 0.5) is 0 Å². The van der Waals surface area contributed by atoms with Gasteiger partial charge in [-0.2, -0.15) is 0 Å². The summed E-state index contributed by atoms with van der Waals surface area (Å²) in [7, 11) is 2.05. The van der Waals surface area contributed by atoms with Gasteiger partial charge in [0.05, 0.1) is 0 Å². The molecule has 1 nitrogen and oxygen atoms in total. The number of halogens is 1. The zero-order valence-electron chi connectivity index (χ0n) is 11.4. The second-order valence-electron chi connectivity index (χ2n) is 4.77. The minimum absolute atomic E-state index is 0.519. The van der Waals surface area contributed by atoms with Gasteiger partial charge in [0, 0.05) is 11.1 Å². The van der Waals surface area contributed by atoms with Gasteiger partial charge in [-0.15, -0.1) is 0 Å². The van der Waals surface area contributed by atoms with Gasteiger partial charge >= 0.3 is 0 Å². The highest BCUT2D eigenvalue weighted by Gasteiger charge is 2.18. The molecule has 0 radical (unpaired) electrons. The molecule has 1 rings (SSSR count). The van der Waals surface area contributed by atoms with Crippen molar-refractivity contribution in [3.8, 4) is 0 Å². The number of nitrogens with one attached hydrogen (secondary N) is 1. The Morgan fingerprint density at radius 1 is 1.24 bits per heavy atom. The van der Waals surface area contributed by atoms with E-state index in [1.165, 1.54) is 24.0 Å². The molecule has 1 N–H and O–H groups in total. The second kappa shape index (κ2) is 7.03. The molecule has 0 spiro atoms. The molecule has 1 atom stereocenters. The molecule has 1 unspecified atom stereocenters. The molecule has 2 heteroatoms. The summed E-state index contributed by atoms with van der Waals surface area (Å²) >= 11 is 6.29. The van der Waals surface area contributed by atoms with Gasteiger partial charge in [-0.3, -0.25) is 0 Å². The van der Waals surface area contributed by atoms with Crippen LogP contribution in [0, 0.1) is 12.8 Å². The third kappa shape index (κ3) is 4.01. The molecule has 0 heterocycles. The third-order valence-electron chi connectivity index (χ3n) is 3.64. The van der Waals surface area contributed by atoms with Crippen LogP contribution in [0.5, 0.6) is 0 Å². The maximum absolute atomic E-state index is 6.29. The molecule has 0 fully saturated rings. The minimum Gasteiger partial charge on any atom is -0.316 e. The fraction of sp³-hybridized carbons (Fsp3) is 0.600. The van der Waals surface area contributed by atoms with E-state index in [2.05, 4.69) is 44.3 Å². The largest absolute Gasteiger partial charge is 0.316 e. The van der Waals surface area contributed by atoms with Gasteiger partial charge in [0.25, 0.3) is 0 Å². The van der Waals surface area contributed by atoms with E-state index in [-0.39, 0.29) is 0 Å².